The quantitative estimate of drug-likeness (QED) is 0.868. The molecule has 2 rings (SSSR count). The Morgan fingerprint density at radius 1 is 1.28 bits per heavy atom. The zero-order valence-electron chi connectivity index (χ0n) is 9.61. The third-order valence-corrected chi connectivity index (χ3v) is 3.40. The van der Waals surface area contributed by atoms with E-state index in [0.717, 1.165) is 0 Å². The third kappa shape index (κ3) is 2.11. The number of carbonyl (C=O) groups is 2. The Hall–Kier alpha value is -1.10. The molecule has 0 aromatic heterocycles. The average Bonchev–Trinajstić information content (AvgIpc) is 2.56. The molecule has 0 spiro atoms. The molecule has 1 N–H and O–H groups in total. The number of halogens is 2. The Balaban J connectivity index is 2.45. The highest BCUT2D eigenvalue weighted by molar-refractivity contribution is 6.56. The highest BCUT2D eigenvalue weighted by Gasteiger charge is 2.39. The number of rotatable bonds is 3. The molecule has 1 aliphatic heterocycles. The summed E-state index contributed by atoms with van der Waals surface area (Å²) in [7, 11) is 0. The SMILES string of the molecule is CC(O)CCN1C(=O)C(=O)c2c(Cl)ccc(Cl)c21. The van der Waals surface area contributed by atoms with E-state index in [0.29, 0.717) is 17.1 Å². The van der Waals surface area contributed by atoms with Crippen LogP contribution in [0.5, 0.6) is 0 Å². The van der Waals surface area contributed by atoms with Gasteiger partial charge in [-0.15, -0.1) is 0 Å². The van der Waals surface area contributed by atoms with Gasteiger partial charge in [-0.3, -0.25) is 9.59 Å². The van der Waals surface area contributed by atoms with Crippen LogP contribution in [0.1, 0.15) is 23.7 Å². The molecule has 1 aromatic rings. The number of fused-ring (bicyclic) bond motifs is 1. The first-order valence-corrected chi connectivity index (χ1v) is 6.21. The topological polar surface area (TPSA) is 57.6 Å². The van der Waals surface area contributed by atoms with Crippen molar-refractivity contribution in [3.8, 4) is 0 Å². The second-order valence-corrected chi connectivity index (χ2v) is 4.99. The van der Waals surface area contributed by atoms with Gasteiger partial charge < -0.3 is 10.0 Å². The van der Waals surface area contributed by atoms with Crippen LogP contribution in [0.3, 0.4) is 0 Å². The van der Waals surface area contributed by atoms with Gasteiger partial charge in [-0.25, -0.2) is 0 Å². The van der Waals surface area contributed by atoms with Gasteiger partial charge in [0.25, 0.3) is 11.7 Å². The molecule has 18 heavy (non-hydrogen) atoms. The predicted molar refractivity (Wildman–Crippen MR) is 69.4 cm³/mol. The number of nitrogens with zero attached hydrogens (tertiary/aromatic N) is 1. The van der Waals surface area contributed by atoms with Gasteiger partial charge in [0.15, 0.2) is 0 Å². The summed E-state index contributed by atoms with van der Waals surface area (Å²) in [5.41, 5.74) is 0.500. The number of ketones is 1. The zero-order valence-corrected chi connectivity index (χ0v) is 11.1. The number of carbonyl (C=O) groups excluding carboxylic acids is 2. The lowest BCUT2D eigenvalue weighted by molar-refractivity contribution is -0.114. The molecule has 0 radical (unpaired) electrons. The molecule has 0 saturated carbocycles. The molecule has 0 bridgehead atoms. The van der Waals surface area contributed by atoms with Crippen LogP contribution in [0.15, 0.2) is 12.1 Å². The number of anilines is 1. The van der Waals surface area contributed by atoms with Crippen molar-refractivity contribution in [3.05, 3.63) is 27.7 Å². The fourth-order valence-electron chi connectivity index (χ4n) is 1.88. The second kappa shape index (κ2) is 4.88. The first kappa shape index (κ1) is 13.3. The van der Waals surface area contributed by atoms with E-state index < -0.39 is 17.8 Å². The van der Waals surface area contributed by atoms with E-state index in [9.17, 15) is 14.7 Å². The molecular weight excluding hydrogens is 277 g/mol. The van der Waals surface area contributed by atoms with Gasteiger partial charge in [-0.1, -0.05) is 23.2 Å². The summed E-state index contributed by atoms with van der Waals surface area (Å²) in [4.78, 5) is 25.0. The lowest BCUT2D eigenvalue weighted by Gasteiger charge is -2.18. The normalized spacial score (nSPS) is 16.1. The van der Waals surface area contributed by atoms with Gasteiger partial charge in [-0.05, 0) is 25.5 Å². The van der Waals surface area contributed by atoms with Crippen molar-refractivity contribution in [2.75, 3.05) is 11.4 Å². The molecule has 96 valence electrons. The smallest absolute Gasteiger partial charge is 0.299 e. The predicted octanol–water partition coefficient (Wildman–Crippen LogP) is 2.29. The Labute approximate surface area is 114 Å². The second-order valence-electron chi connectivity index (χ2n) is 4.18. The standard InChI is InChI=1S/C12H11Cl2NO3/c1-6(16)4-5-15-10-8(14)3-2-7(13)9(10)11(17)12(15)18/h2-3,6,16H,4-5H2,1H3. The molecule has 1 unspecified atom stereocenters. The molecule has 0 aliphatic carbocycles. The van der Waals surface area contributed by atoms with Crippen LogP contribution in [0.2, 0.25) is 10.0 Å². The molecule has 4 nitrogen and oxygen atoms in total. The highest BCUT2D eigenvalue weighted by Crippen LogP contribution is 2.39. The maximum absolute atomic E-state index is 11.9. The van der Waals surface area contributed by atoms with E-state index in [1.165, 1.54) is 11.0 Å². The average molecular weight is 288 g/mol. The minimum absolute atomic E-state index is 0.153. The lowest BCUT2D eigenvalue weighted by atomic mass is 10.1. The van der Waals surface area contributed by atoms with Crippen LogP contribution in [-0.2, 0) is 4.79 Å². The summed E-state index contributed by atoms with van der Waals surface area (Å²) < 4.78 is 0. The van der Waals surface area contributed by atoms with E-state index in [-0.39, 0.29) is 17.1 Å². The first-order valence-electron chi connectivity index (χ1n) is 5.45. The lowest BCUT2D eigenvalue weighted by Crippen LogP contribution is -2.32. The molecule has 1 atom stereocenters. The summed E-state index contributed by atoms with van der Waals surface area (Å²) in [6, 6.07) is 3.04. The molecular formula is C12H11Cl2NO3. The molecule has 6 heteroatoms. The van der Waals surface area contributed by atoms with Crippen molar-refractivity contribution in [2.24, 2.45) is 0 Å². The number of benzene rings is 1. The Morgan fingerprint density at radius 2 is 1.89 bits per heavy atom. The van der Waals surface area contributed by atoms with Crippen molar-refractivity contribution < 1.29 is 14.7 Å². The number of Topliss-reactive ketones (excluding diaryl/α,β-unsaturated/α-hetero) is 1. The summed E-state index contributed by atoms with van der Waals surface area (Å²) in [5, 5.41) is 9.77. The Morgan fingerprint density at radius 3 is 2.50 bits per heavy atom. The molecule has 1 aliphatic rings. The van der Waals surface area contributed by atoms with Crippen LogP contribution < -0.4 is 4.90 Å². The summed E-state index contributed by atoms with van der Waals surface area (Å²) in [6.07, 6.45) is -0.198. The molecule has 1 heterocycles. The molecule has 0 saturated heterocycles. The number of amides is 1. The summed E-state index contributed by atoms with van der Waals surface area (Å²) in [5.74, 6) is -1.30. The summed E-state index contributed by atoms with van der Waals surface area (Å²) >= 11 is 11.9. The van der Waals surface area contributed by atoms with Crippen LogP contribution in [0, 0.1) is 0 Å². The van der Waals surface area contributed by atoms with Crippen LogP contribution in [0.4, 0.5) is 5.69 Å². The monoisotopic (exact) mass is 287 g/mol. The molecule has 0 fully saturated rings. The Kier molecular flexibility index (Phi) is 3.61. The highest BCUT2D eigenvalue weighted by atomic mass is 35.5. The van der Waals surface area contributed by atoms with Gasteiger partial charge >= 0.3 is 0 Å². The van der Waals surface area contributed by atoms with E-state index in [4.69, 9.17) is 23.2 Å². The fourth-order valence-corrected chi connectivity index (χ4v) is 2.38. The third-order valence-electron chi connectivity index (χ3n) is 2.78. The van der Waals surface area contributed by atoms with Crippen LogP contribution in [0.25, 0.3) is 0 Å². The van der Waals surface area contributed by atoms with Gasteiger partial charge in [0, 0.05) is 6.54 Å². The van der Waals surface area contributed by atoms with Crippen LogP contribution in [-0.4, -0.2) is 29.4 Å². The minimum Gasteiger partial charge on any atom is -0.393 e. The summed E-state index contributed by atoms with van der Waals surface area (Å²) in [6.45, 7) is 1.85. The first-order chi connectivity index (χ1) is 8.43. The van der Waals surface area contributed by atoms with Gasteiger partial charge in [0.1, 0.15) is 0 Å². The molecule has 1 aromatic carbocycles. The van der Waals surface area contributed by atoms with Gasteiger partial charge in [0.2, 0.25) is 0 Å². The van der Waals surface area contributed by atoms with Gasteiger partial charge in [-0.2, -0.15) is 0 Å². The van der Waals surface area contributed by atoms with Crippen LogP contribution >= 0.6 is 23.2 Å². The van der Waals surface area contributed by atoms with E-state index in [2.05, 4.69) is 0 Å². The van der Waals surface area contributed by atoms with E-state index >= 15 is 0 Å². The van der Waals surface area contributed by atoms with Crippen molar-refractivity contribution in [3.63, 3.8) is 0 Å². The number of aliphatic hydroxyl groups excluding tert-OH is 1. The van der Waals surface area contributed by atoms with Crippen molar-refractivity contribution in [1.29, 1.82) is 0 Å². The largest absolute Gasteiger partial charge is 0.393 e. The number of aliphatic hydroxyl groups is 1. The van der Waals surface area contributed by atoms with E-state index in [1.54, 1.807) is 13.0 Å². The van der Waals surface area contributed by atoms with Crippen molar-refractivity contribution >= 4 is 40.6 Å². The minimum atomic E-state index is -0.652. The van der Waals surface area contributed by atoms with Gasteiger partial charge in [0.05, 0.1) is 27.4 Å². The Bertz CT molecular complexity index is 528. The molecule has 1 amide bonds. The number of hydrogen-bond acceptors (Lipinski definition) is 3. The van der Waals surface area contributed by atoms with Crippen molar-refractivity contribution in [1.82, 2.24) is 0 Å². The fraction of sp³-hybridized carbons (Fsp3) is 0.333. The zero-order chi connectivity index (χ0) is 13.4. The van der Waals surface area contributed by atoms with Crippen molar-refractivity contribution in [2.45, 2.75) is 19.4 Å². The maximum Gasteiger partial charge on any atom is 0.299 e. The number of hydrogen-bond donors (Lipinski definition) is 1. The van der Waals surface area contributed by atoms with E-state index in [1.807, 2.05) is 0 Å². The maximum atomic E-state index is 11.9.